The second-order valence-electron chi connectivity index (χ2n) is 5.87. The topological polar surface area (TPSA) is 123 Å². The van der Waals surface area contributed by atoms with Crippen LogP contribution in [0.25, 0.3) is 11.0 Å². The number of phenolic OH excluding ortho intramolecular Hbond substituents is 1. The molecule has 1 aromatic heterocycles. The number of amides is 1. The maximum atomic E-state index is 12.1. The van der Waals surface area contributed by atoms with Gasteiger partial charge < -0.3 is 19.6 Å². The second kappa shape index (κ2) is 7.73. The fourth-order valence-electron chi connectivity index (χ4n) is 2.44. The average molecular weight is 403 g/mol. The summed E-state index contributed by atoms with van der Waals surface area (Å²) < 4.78 is 34.3. The molecule has 0 spiro atoms. The van der Waals surface area contributed by atoms with Gasteiger partial charge in [0.15, 0.2) is 16.4 Å². The summed E-state index contributed by atoms with van der Waals surface area (Å²) in [6.45, 7) is 1.10. The zero-order valence-corrected chi connectivity index (χ0v) is 15.7. The van der Waals surface area contributed by atoms with Crippen LogP contribution in [0.4, 0.5) is 5.69 Å². The fraction of sp³-hybridized carbons (Fsp3) is 0.158. The first kappa shape index (κ1) is 19.4. The van der Waals surface area contributed by atoms with Crippen LogP contribution < -0.4 is 15.7 Å². The van der Waals surface area contributed by atoms with E-state index >= 15 is 0 Å². The van der Waals surface area contributed by atoms with Crippen molar-refractivity contribution in [2.75, 3.05) is 17.7 Å². The Kier molecular flexibility index (Phi) is 5.36. The largest absolute Gasteiger partial charge is 0.506 e. The summed E-state index contributed by atoms with van der Waals surface area (Å²) >= 11 is 0. The summed E-state index contributed by atoms with van der Waals surface area (Å²) in [5, 5.41) is 13.0. The Hall–Kier alpha value is -3.33. The van der Waals surface area contributed by atoms with Crippen LogP contribution in [0.5, 0.6) is 11.5 Å². The van der Waals surface area contributed by atoms with Gasteiger partial charge in [-0.15, -0.1) is 0 Å². The summed E-state index contributed by atoms with van der Waals surface area (Å²) in [5.74, 6) is -0.665. The maximum absolute atomic E-state index is 12.1. The molecule has 2 N–H and O–H groups in total. The summed E-state index contributed by atoms with van der Waals surface area (Å²) in [5.41, 5.74) is -0.215. The minimum absolute atomic E-state index is 0.00595. The molecular weight excluding hydrogens is 386 g/mol. The number of carbonyl (C=O) groups is 1. The molecule has 8 nitrogen and oxygen atoms in total. The van der Waals surface area contributed by atoms with Gasteiger partial charge in [0.2, 0.25) is 0 Å². The molecule has 0 fully saturated rings. The minimum atomic E-state index is -3.48. The third-order valence-electron chi connectivity index (χ3n) is 3.95. The van der Waals surface area contributed by atoms with Crippen molar-refractivity contribution >= 4 is 32.4 Å². The number of rotatable bonds is 6. The van der Waals surface area contributed by atoms with E-state index in [1.807, 2.05) is 0 Å². The highest BCUT2D eigenvalue weighted by Gasteiger charge is 2.15. The number of phenols is 1. The van der Waals surface area contributed by atoms with Crippen LogP contribution in [-0.2, 0) is 14.6 Å². The van der Waals surface area contributed by atoms with Crippen LogP contribution in [0.15, 0.2) is 62.6 Å². The molecule has 3 rings (SSSR count). The minimum Gasteiger partial charge on any atom is -0.506 e. The van der Waals surface area contributed by atoms with E-state index in [2.05, 4.69) is 5.32 Å². The molecule has 0 saturated carbocycles. The normalized spacial score (nSPS) is 11.3. The van der Waals surface area contributed by atoms with E-state index < -0.39 is 28.0 Å². The molecule has 1 amide bonds. The molecule has 0 aliphatic carbocycles. The first-order valence-electron chi connectivity index (χ1n) is 8.31. The lowest BCUT2D eigenvalue weighted by Gasteiger charge is -2.11. The Morgan fingerprint density at radius 2 is 1.89 bits per heavy atom. The van der Waals surface area contributed by atoms with Gasteiger partial charge >= 0.3 is 5.63 Å². The summed E-state index contributed by atoms with van der Waals surface area (Å²) in [4.78, 5) is 23.4. The van der Waals surface area contributed by atoms with E-state index in [0.29, 0.717) is 16.7 Å². The van der Waals surface area contributed by atoms with E-state index in [-0.39, 0.29) is 22.1 Å². The molecule has 2 aromatic carbocycles. The quantitative estimate of drug-likeness (QED) is 0.478. The van der Waals surface area contributed by atoms with Gasteiger partial charge in [-0.3, -0.25) is 4.79 Å². The lowest BCUT2D eigenvalue weighted by Crippen LogP contribution is -2.20. The van der Waals surface area contributed by atoms with Crippen molar-refractivity contribution in [3.8, 4) is 11.5 Å². The number of benzene rings is 2. The van der Waals surface area contributed by atoms with Gasteiger partial charge in [0.25, 0.3) is 5.91 Å². The number of anilines is 1. The van der Waals surface area contributed by atoms with Crippen molar-refractivity contribution in [1.82, 2.24) is 0 Å². The van der Waals surface area contributed by atoms with Gasteiger partial charge in [-0.05, 0) is 36.4 Å². The smallest absolute Gasteiger partial charge is 0.336 e. The Bertz CT molecular complexity index is 1200. The van der Waals surface area contributed by atoms with Gasteiger partial charge in [0, 0.05) is 17.5 Å². The fourth-order valence-corrected chi connectivity index (χ4v) is 3.35. The predicted molar refractivity (Wildman–Crippen MR) is 102 cm³/mol. The van der Waals surface area contributed by atoms with E-state index in [4.69, 9.17) is 9.15 Å². The van der Waals surface area contributed by atoms with Crippen molar-refractivity contribution in [1.29, 1.82) is 0 Å². The van der Waals surface area contributed by atoms with Crippen LogP contribution in [0.2, 0.25) is 0 Å². The number of sulfone groups is 1. The predicted octanol–water partition coefficient (Wildman–Crippen LogP) is 2.31. The highest BCUT2D eigenvalue weighted by atomic mass is 32.2. The van der Waals surface area contributed by atoms with E-state index in [9.17, 15) is 23.1 Å². The highest BCUT2D eigenvalue weighted by molar-refractivity contribution is 7.91. The van der Waals surface area contributed by atoms with E-state index in [1.165, 1.54) is 37.3 Å². The number of ether oxygens (including phenoxy) is 1. The lowest BCUT2D eigenvalue weighted by atomic mass is 10.2. The molecule has 0 atom stereocenters. The zero-order valence-electron chi connectivity index (χ0n) is 14.8. The third kappa shape index (κ3) is 4.32. The molecule has 1 heterocycles. The SMILES string of the molecule is CCS(=O)(=O)c1ccc(O)c(NC(=O)COc2ccc3ccc(=O)oc3c2)c1. The zero-order chi connectivity index (χ0) is 20.3. The van der Waals surface area contributed by atoms with Crippen molar-refractivity contribution in [3.05, 3.63) is 59.0 Å². The Balaban J connectivity index is 1.71. The van der Waals surface area contributed by atoms with Crippen molar-refractivity contribution in [3.63, 3.8) is 0 Å². The van der Waals surface area contributed by atoms with Crippen LogP contribution in [-0.4, -0.2) is 31.8 Å². The van der Waals surface area contributed by atoms with E-state index in [0.717, 1.165) is 0 Å². The maximum Gasteiger partial charge on any atom is 0.336 e. The Morgan fingerprint density at radius 1 is 1.14 bits per heavy atom. The van der Waals surface area contributed by atoms with Crippen LogP contribution in [0.3, 0.4) is 0 Å². The number of aromatic hydroxyl groups is 1. The molecule has 3 aromatic rings. The number of carbonyl (C=O) groups excluding carboxylic acids is 1. The molecular formula is C19H17NO7S. The number of hydrogen-bond donors (Lipinski definition) is 2. The van der Waals surface area contributed by atoms with Crippen LogP contribution >= 0.6 is 0 Å². The summed E-state index contributed by atoms with van der Waals surface area (Å²) in [6.07, 6.45) is 0. The van der Waals surface area contributed by atoms with Gasteiger partial charge in [-0.25, -0.2) is 13.2 Å². The molecule has 9 heteroatoms. The van der Waals surface area contributed by atoms with E-state index in [1.54, 1.807) is 18.2 Å². The first-order chi connectivity index (χ1) is 13.3. The lowest BCUT2D eigenvalue weighted by molar-refractivity contribution is -0.118. The van der Waals surface area contributed by atoms with Crippen molar-refractivity contribution in [2.45, 2.75) is 11.8 Å². The molecule has 0 saturated heterocycles. The molecule has 146 valence electrons. The molecule has 0 bridgehead atoms. The second-order valence-corrected chi connectivity index (χ2v) is 8.15. The summed E-state index contributed by atoms with van der Waals surface area (Å²) in [7, 11) is -3.48. The number of fused-ring (bicyclic) bond motifs is 1. The average Bonchev–Trinajstić information content (AvgIpc) is 2.67. The van der Waals surface area contributed by atoms with Crippen molar-refractivity contribution in [2.24, 2.45) is 0 Å². The van der Waals surface area contributed by atoms with Gasteiger partial charge in [-0.1, -0.05) is 6.92 Å². The molecule has 0 radical (unpaired) electrons. The van der Waals surface area contributed by atoms with Crippen molar-refractivity contribution < 1.29 is 27.5 Å². The third-order valence-corrected chi connectivity index (χ3v) is 5.68. The highest BCUT2D eigenvalue weighted by Crippen LogP contribution is 2.27. The molecule has 28 heavy (non-hydrogen) atoms. The molecule has 0 aliphatic rings. The van der Waals surface area contributed by atoms with Crippen LogP contribution in [0.1, 0.15) is 6.92 Å². The van der Waals surface area contributed by atoms with Gasteiger partial charge in [0.05, 0.1) is 16.3 Å². The van der Waals surface area contributed by atoms with Crippen LogP contribution in [0, 0.1) is 0 Å². The van der Waals surface area contributed by atoms with Gasteiger partial charge in [-0.2, -0.15) is 0 Å². The first-order valence-corrected chi connectivity index (χ1v) is 9.96. The number of hydrogen-bond acceptors (Lipinski definition) is 7. The van der Waals surface area contributed by atoms with Gasteiger partial charge in [0.1, 0.15) is 17.1 Å². The Labute approximate surface area is 160 Å². The number of nitrogens with one attached hydrogen (secondary N) is 1. The standard InChI is InChI=1S/C19H17NO7S/c1-2-28(24,25)14-6-7-16(21)15(10-14)20-18(22)11-26-13-5-3-12-4-8-19(23)27-17(12)9-13/h3-10,21H,2,11H2,1H3,(H,20,22). The Morgan fingerprint density at radius 3 is 2.64 bits per heavy atom. The molecule has 0 aliphatic heterocycles. The summed E-state index contributed by atoms with van der Waals surface area (Å²) in [6, 6.07) is 11.3. The molecule has 0 unspecified atom stereocenters. The monoisotopic (exact) mass is 403 g/mol.